The van der Waals surface area contributed by atoms with Crippen molar-refractivity contribution in [3.05, 3.63) is 89.9 Å². The number of fused-ring (bicyclic) bond motifs is 1. The quantitative estimate of drug-likeness (QED) is 0.408. The smallest absolute Gasteiger partial charge is 0.272 e. The van der Waals surface area contributed by atoms with E-state index >= 15 is 0 Å². The Labute approximate surface area is 160 Å². The summed E-state index contributed by atoms with van der Waals surface area (Å²) in [5.74, 6) is -0.725. The molecule has 0 bridgehead atoms. The first-order valence-corrected chi connectivity index (χ1v) is 8.75. The van der Waals surface area contributed by atoms with Gasteiger partial charge in [0.1, 0.15) is 11.5 Å². The molecule has 0 radical (unpaired) electrons. The molecule has 2 N–H and O–H groups in total. The van der Waals surface area contributed by atoms with E-state index in [1.807, 2.05) is 49.4 Å². The summed E-state index contributed by atoms with van der Waals surface area (Å²) in [7, 11) is 0. The average Bonchev–Trinajstić information content (AvgIpc) is 3.22. The zero-order valence-corrected chi connectivity index (χ0v) is 15.1. The molecule has 6 heteroatoms. The molecule has 5 nitrogen and oxygen atoms in total. The molecule has 138 valence electrons. The highest BCUT2D eigenvalue weighted by molar-refractivity contribution is 6.03. The molecule has 3 aromatic carbocycles. The molecule has 1 aromatic heterocycles. The predicted octanol–water partition coefficient (Wildman–Crippen LogP) is 4.52. The Hall–Kier alpha value is -3.80. The van der Waals surface area contributed by atoms with Crippen molar-refractivity contribution in [2.75, 3.05) is 0 Å². The third-order valence-electron chi connectivity index (χ3n) is 4.45. The summed E-state index contributed by atoms with van der Waals surface area (Å²) >= 11 is 0. The Kier molecular flexibility index (Phi) is 4.68. The fourth-order valence-electron chi connectivity index (χ4n) is 2.88. The van der Waals surface area contributed by atoms with Crippen molar-refractivity contribution in [3.63, 3.8) is 0 Å². The van der Waals surface area contributed by atoms with E-state index in [0.717, 1.165) is 16.3 Å². The van der Waals surface area contributed by atoms with Crippen molar-refractivity contribution in [2.45, 2.75) is 6.92 Å². The van der Waals surface area contributed by atoms with Crippen molar-refractivity contribution < 1.29 is 9.18 Å². The van der Waals surface area contributed by atoms with Gasteiger partial charge in [0.2, 0.25) is 0 Å². The van der Waals surface area contributed by atoms with Gasteiger partial charge in [-0.3, -0.25) is 9.89 Å². The molecule has 0 fully saturated rings. The van der Waals surface area contributed by atoms with Crippen molar-refractivity contribution in [2.24, 2.45) is 5.10 Å². The lowest BCUT2D eigenvalue weighted by Gasteiger charge is -2.04. The van der Waals surface area contributed by atoms with Crippen LogP contribution in [0.5, 0.6) is 0 Å². The molecule has 4 aromatic rings. The lowest BCUT2D eigenvalue weighted by atomic mass is 10.0. The number of hydrazone groups is 1. The van der Waals surface area contributed by atoms with E-state index in [0.29, 0.717) is 17.0 Å². The minimum absolute atomic E-state index is 0.273. The third kappa shape index (κ3) is 3.66. The fourth-order valence-corrected chi connectivity index (χ4v) is 2.88. The summed E-state index contributed by atoms with van der Waals surface area (Å²) in [6.07, 6.45) is 0. The highest BCUT2D eigenvalue weighted by Crippen LogP contribution is 2.18. The maximum Gasteiger partial charge on any atom is 0.289 e. The molecular weight excluding hydrogens is 355 g/mol. The Bertz CT molecular complexity index is 1180. The van der Waals surface area contributed by atoms with Crippen LogP contribution in [0.1, 0.15) is 23.0 Å². The van der Waals surface area contributed by atoms with Crippen molar-refractivity contribution in [1.29, 1.82) is 0 Å². The monoisotopic (exact) mass is 372 g/mol. The molecule has 4 rings (SSSR count). The molecule has 1 heterocycles. The maximum atomic E-state index is 13.0. The molecule has 0 saturated carbocycles. The topological polar surface area (TPSA) is 70.1 Å². The van der Waals surface area contributed by atoms with Gasteiger partial charge in [0.05, 0.1) is 11.4 Å². The van der Waals surface area contributed by atoms with Gasteiger partial charge in [-0.05, 0) is 59.7 Å². The number of aromatic nitrogens is 2. The van der Waals surface area contributed by atoms with Gasteiger partial charge in [-0.2, -0.15) is 10.2 Å². The van der Waals surface area contributed by atoms with E-state index in [4.69, 9.17) is 0 Å². The van der Waals surface area contributed by atoms with E-state index < -0.39 is 5.91 Å². The zero-order chi connectivity index (χ0) is 19.5. The molecule has 0 atom stereocenters. The van der Waals surface area contributed by atoms with Crippen LogP contribution >= 0.6 is 0 Å². The number of nitrogens with one attached hydrogen (secondary N) is 2. The molecule has 1 amide bonds. The summed E-state index contributed by atoms with van der Waals surface area (Å²) in [6, 6.07) is 21.6. The number of nitrogens with zero attached hydrogens (tertiary/aromatic N) is 2. The van der Waals surface area contributed by atoms with Crippen molar-refractivity contribution in [3.8, 4) is 11.3 Å². The van der Waals surface area contributed by atoms with Gasteiger partial charge in [-0.1, -0.05) is 36.4 Å². The summed E-state index contributed by atoms with van der Waals surface area (Å²) in [5.41, 5.74) is 5.70. The number of amides is 1. The Morgan fingerprint density at radius 2 is 1.75 bits per heavy atom. The zero-order valence-electron chi connectivity index (χ0n) is 15.1. The molecule has 0 spiro atoms. The van der Waals surface area contributed by atoms with Crippen LogP contribution in [0.3, 0.4) is 0 Å². The van der Waals surface area contributed by atoms with Gasteiger partial charge < -0.3 is 0 Å². The first-order valence-electron chi connectivity index (χ1n) is 8.75. The minimum atomic E-state index is -0.402. The van der Waals surface area contributed by atoms with Gasteiger partial charge >= 0.3 is 0 Å². The first kappa shape index (κ1) is 17.6. The lowest BCUT2D eigenvalue weighted by molar-refractivity contribution is 0.0950. The number of H-pyrrole nitrogens is 1. The number of carbonyl (C=O) groups is 1. The van der Waals surface area contributed by atoms with Crippen LogP contribution in [0.15, 0.2) is 77.9 Å². The number of benzene rings is 3. The number of hydrogen-bond acceptors (Lipinski definition) is 3. The van der Waals surface area contributed by atoms with E-state index in [1.54, 1.807) is 18.2 Å². The highest BCUT2D eigenvalue weighted by Gasteiger charge is 2.11. The molecule has 0 aliphatic rings. The standard InChI is InChI=1S/C22H17FN4O/c1-14(17-7-6-15-4-2-3-5-18(15)12-17)24-27-22(28)21-13-20(25-26-21)16-8-10-19(23)11-9-16/h2-13H,1H3,(H,25,26)(H,27,28)/b24-14+. The van der Waals surface area contributed by atoms with Gasteiger partial charge in [-0.25, -0.2) is 9.82 Å². The van der Waals surface area contributed by atoms with Crippen LogP contribution in [0.25, 0.3) is 22.0 Å². The Balaban J connectivity index is 1.49. The number of hydrogen-bond donors (Lipinski definition) is 2. The fraction of sp³-hybridized carbons (Fsp3) is 0.0455. The summed E-state index contributed by atoms with van der Waals surface area (Å²) in [4.78, 5) is 12.3. The summed E-state index contributed by atoms with van der Waals surface area (Å²) < 4.78 is 13.0. The maximum absolute atomic E-state index is 13.0. The van der Waals surface area contributed by atoms with Crippen LogP contribution < -0.4 is 5.43 Å². The van der Waals surface area contributed by atoms with Gasteiger partial charge in [0.15, 0.2) is 0 Å². The molecule has 0 aliphatic heterocycles. The van der Waals surface area contributed by atoms with Crippen LogP contribution in [0.2, 0.25) is 0 Å². The Morgan fingerprint density at radius 3 is 2.54 bits per heavy atom. The number of rotatable bonds is 4. The predicted molar refractivity (Wildman–Crippen MR) is 108 cm³/mol. The summed E-state index contributed by atoms with van der Waals surface area (Å²) in [6.45, 7) is 1.83. The molecule has 0 unspecified atom stereocenters. The molecular formula is C22H17FN4O. The number of halogens is 1. The Morgan fingerprint density at radius 1 is 1.00 bits per heavy atom. The van der Waals surface area contributed by atoms with E-state index in [-0.39, 0.29) is 11.5 Å². The van der Waals surface area contributed by atoms with Crippen LogP contribution in [-0.4, -0.2) is 21.8 Å². The molecule has 28 heavy (non-hydrogen) atoms. The first-order chi connectivity index (χ1) is 13.6. The molecule has 0 aliphatic carbocycles. The highest BCUT2D eigenvalue weighted by atomic mass is 19.1. The van der Waals surface area contributed by atoms with E-state index in [9.17, 15) is 9.18 Å². The second-order valence-electron chi connectivity index (χ2n) is 6.37. The summed E-state index contributed by atoms with van der Waals surface area (Å²) in [5, 5.41) is 13.2. The normalized spacial score (nSPS) is 11.6. The van der Waals surface area contributed by atoms with Crippen molar-refractivity contribution >= 4 is 22.4 Å². The van der Waals surface area contributed by atoms with Gasteiger partial charge in [0, 0.05) is 5.56 Å². The second kappa shape index (κ2) is 7.44. The average molecular weight is 372 g/mol. The largest absolute Gasteiger partial charge is 0.289 e. The van der Waals surface area contributed by atoms with Crippen LogP contribution in [0, 0.1) is 5.82 Å². The number of aromatic amines is 1. The second-order valence-corrected chi connectivity index (χ2v) is 6.37. The van der Waals surface area contributed by atoms with Crippen molar-refractivity contribution in [1.82, 2.24) is 15.6 Å². The van der Waals surface area contributed by atoms with Gasteiger partial charge in [-0.15, -0.1) is 0 Å². The third-order valence-corrected chi connectivity index (χ3v) is 4.45. The lowest BCUT2D eigenvalue weighted by Crippen LogP contribution is -2.19. The minimum Gasteiger partial charge on any atom is -0.272 e. The van der Waals surface area contributed by atoms with Gasteiger partial charge in [0.25, 0.3) is 5.91 Å². The molecule has 0 saturated heterocycles. The number of carbonyl (C=O) groups excluding carboxylic acids is 1. The van der Waals surface area contributed by atoms with Crippen LogP contribution in [-0.2, 0) is 0 Å². The van der Waals surface area contributed by atoms with E-state index in [1.165, 1.54) is 12.1 Å². The van der Waals surface area contributed by atoms with E-state index in [2.05, 4.69) is 20.7 Å². The van der Waals surface area contributed by atoms with Crippen LogP contribution in [0.4, 0.5) is 4.39 Å². The SMILES string of the molecule is C/C(=N\NC(=O)c1cc(-c2ccc(F)cc2)n[nH]1)c1ccc2ccccc2c1.